The van der Waals surface area contributed by atoms with E-state index in [9.17, 15) is 0 Å². The van der Waals surface area contributed by atoms with Crippen LogP contribution in [0, 0.1) is 0 Å². The van der Waals surface area contributed by atoms with E-state index >= 15 is 0 Å². The molecule has 2 heteroatoms. The number of hydrogen-bond acceptors (Lipinski definition) is 1. The third kappa shape index (κ3) is 1.80. The second-order valence-electron chi connectivity index (χ2n) is 5.77. The molecule has 1 fully saturated rings. The van der Waals surface area contributed by atoms with E-state index in [1.54, 1.807) is 0 Å². The average molecular weight is 302 g/mol. The Balaban J connectivity index is 1.82. The van der Waals surface area contributed by atoms with Crippen LogP contribution in [-0.4, -0.2) is 0 Å². The highest BCUT2D eigenvalue weighted by atomic mass is 31.1. The van der Waals surface area contributed by atoms with Gasteiger partial charge in [-0.05, 0) is 35.0 Å². The molecule has 0 aliphatic carbocycles. The molecule has 1 saturated heterocycles. The lowest BCUT2D eigenvalue weighted by atomic mass is 10.0. The number of ether oxygens (including phenoxy) is 1. The van der Waals surface area contributed by atoms with Crippen LogP contribution < -0.4 is 15.9 Å². The molecule has 2 unspecified atom stereocenters. The summed E-state index contributed by atoms with van der Waals surface area (Å²) in [5.41, 5.74) is 2.75. The number of fused-ring (bicyclic) bond motifs is 5. The summed E-state index contributed by atoms with van der Waals surface area (Å²) in [5, 5.41) is 4.31. The van der Waals surface area contributed by atoms with Gasteiger partial charge in [0.05, 0.1) is 0 Å². The van der Waals surface area contributed by atoms with Crippen LogP contribution in [0.25, 0.3) is 0 Å². The highest BCUT2D eigenvalue weighted by Crippen LogP contribution is 2.56. The van der Waals surface area contributed by atoms with Crippen molar-refractivity contribution in [1.29, 1.82) is 0 Å². The van der Waals surface area contributed by atoms with Crippen LogP contribution in [-0.2, 0) is 4.74 Å². The van der Waals surface area contributed by atoms with Gasteiger partial charge in [-0.3, -0.25) is 0 Å². The van der Waals surface area contributed by atoms with Crippen LogP contribution in [0.1, 0.15) is 23.3 Å². The third-order valence-electron chi connectivity index (χ3n) is 4.47. The Hall–Kier alpha value is -1.95. The van der Waals surface area contributed by atoms with Crippen molar-refractivity contribution in [2.75, 3.05) is 0 Å². The van der Waals surface area contributed by atoms with E-state index in [0.29, 0.717) is 0 Å². The predicted octanol–water partition coefficient (Wildman–Crippen LogP) is 3.57. The number of hydrogen-bond donors (Lipinski definition) is 0. The number of epoxide rings is 1. The second-order valence-corrected chi connectivity index (χ2v) is 7.92. The molecule has 0 N–H and O–H groups in total. The van der Waals surface area contributed by atoms with Gasteiger partial charge >= 0.3 is 0 Å². The van der Waals surface area contributed by atoms with Crippen LogP contribution in [0.15, 0.2) is 78.9 Å². The molecule has 2 atom stereocenters. The Kier molecular flexibility index (Phi) is 2.73. The fourth-order valence-electron chi connectivity index (χ4n) is 3.43. The maximum absolute atomic E-state index is 6.01. The van der Waals surface area contributed by atoms with Crippen molar-refractivity contribution in [1.82, 2.24) is 0 Å². The van der Waals surface area contributed by atoms with Gasteiger partial charge in [-0.1, -0.05) is 78.9 Å². The first-order valence-electron chi connectivity index (χ1n) is 7.62. The normalized spacial score (nSPS) is 24.6. The maximum Gasteiger partial charge on any atom is 0.114 e. The Labute approximate surface area is 131 Å². The molecule has 5 rings (SSSR count). The SMILES string of the molecule is c1ccc(P2c3ccccc3C3OC3c3ccccc32)cc1. The molecular formula is C20H15OP. The van der Waals surface area contributed by atoms with Gasteiger partial charge in [-0.25, -0.2) is 0 Å². The van der Waals surface area contributed by atoms with Gasteiger partial charge in [0.15, 0.2) is 0 Å². The molecule has 1 nitrogen and oxygen atoms in total. The summed E-state index contributed by atoms with van der Waals surface area (Å²) >= 11 is 0. The van der Waals surface area contributed by atoms with Crippen molar-refractivity contribution in [3.05, 3.63) is 90.0 Å². The van der Waals surface area contributed by atoms with Crippen molar-refractivity contribution < 1.29 is 4.74 Å². The van der Waals surface area contributed by atoms with Gasteiger partial charge in [0.2, 0.25) is 0 Å². The fraction of sp³-hybridized carbons (Fsp3) is 0.100. The molecule has 0 spiro atoms. The molecule has 0 aromatic heterocycles. The zero-order valence-corrected chi connectivity index (χ0v) is 12.9. The third-order valence-corrected chi connectivity index (χ3v) is 7.07. The van der Waals surface area contributed by atoms with Crippen LogP contribution in [0.4, 0.5) is 0 Å². The van der Waals surface area contributed by atoms with Gasteiger partial charge in [0.25, 0.3) is 0 Å². The van der Waals surface area contributed by atoms with E-state index in [4.69, 9.17) is 4.74 Å². The molecule has 22 heavy (non-hydrogen) atoms. The summed E-state index contributed by atoms with van der Waals surface area (Å²) in [6.45, 7) is 0. The van der Waals surface area contributed by atoms with Gasteiger partial charge in [0, 0.05) is 0 Å². The molecule has 2 aliphatic rings. The number of benzene rings is 3. The van der Waals surface area contributed by atoms with E-state index in [-0.39, 0.29) is 12.2 Å². The van der Waals surface area contributed by atoms with Gasteiger partial charge in [-0.2, -0.15) is 0 Å². The zero-order valence-electron chi connectivity index (χ0n) is 12.0. The van der Waals surface area contributed by atoms with E-state index in [1.165, 1.54) is 27.0 Å². The van der Waals surface area contributed by atoms with Crippen molar-refractivity contribution in [2.45, 2.75) is 12.2 Å². The minimum absolute atomic E-state index is 0.244. The first-order valence-corrected chi connectivity index (χ1v) is 8.96. The lowest BCUT2D eigenvalue weighted by molar-refractivity contribution is 0.378. The summed E-state index contributed by atoms with van der Waals surface area (Å²) in [6.07, 6.45) is 0.488. The summed E-state index contributed by atoms with van der Waals surface area (Å²) < 4.78 is 6.01. The van der Waals surface area contributed by atoms with Crippen LogP contribution >= 0.6 is 7.92 Å². The van der Waals surface area contributed by atoms with Gasteiger partial charge in [-0.15, -0.1) is 0 Å². The zero-order chi connectivity index (χ0) is 14.5. The Morgan fingerprint density at radius 1 is 0.591 bits per heavy atom. The quantitative estimate of drug-likeness (QED) is 0.494. The van der Waals surface area contributed by atoms with Gasteiger partial charge < -0.3 is 4.74 Å². The number of rotatable bonds is 1. The van der Waals surface area contributed by atoms with Crippen LogP contribution in [0.5, 0.6) is 0 Å². The highest BCUT2D eigenvalue weighted by molar-refractivity contribution is 7.80. The molecule has 0 saturated carbocycles. The van der Waals surface area contributed by atoms with E-state index < -0.39 is 7.92 Å². The second kappa shape index (κ2) is 4.78. The molecular weight excluding hydrogens is 287 g/mol. The minimum atomic E-state index is -0.501. The first-order chi connectivity index (χ1) is 10.9. The van der Waals surface area contributed by atoms with Crippen molar-refractivity contribution >= 4 is 23.8 Å². The van der Waals surface area contributed by atoms with E-state index in [1.807, 2.05) is 0 Å². The Morgan fingerprint density at radius 2 is 1.09 bits per heavy atom. The van der Waals surface area contributed by atoms with Crippen molar-refractivity contribution in [3.8, 4) is 0 Å². The van der Waals surface area contributed by atoms with Crippen LogP contribution in [0.2, 0.25) is 0 Å². The molecule has 0 amide bonds. The molecule has 106 valence electrons. The van der Waals surface area contributed by atoms with E-state index in [2.05, 4.69) is 78.9 Å². The largest absolute Gasteiger partial charge is 0.359 e. The average Bonchev–Trinajstić information content (AvgIpc) is 3.37. The standard InChI is InChI=1S/C20H15OP/c1-2-8-14(9-3-1)22-17-12-6-4-10-15(17)19-20(21-19)16-11-5-7-13-18(16)22/h1-13,19-20H. The summed E-state index contributed by atoms with van der Waals surface area (Å²) in [5.74, 6) is 0. The van der Waals surface area contributed by atoms with Gasteiger partial charge in [0.1, 0.15) is 12.2 Å². The Bertz CT molecular complexity index is 792. The highest BCUT2D eigenvalue weighted by Gasteiger charge is 2.47. The smallest absolute Gasteiger partial charge is 0.114 e. The van der Waals surface area contributed by atoms with Crippen LogP contribution in [0.3, 0.4) is 0 Å². The predicted molar refractivity (Wildman–Crippen MR) is 91.7 cm³/mol. The molecule has 2 heterocycles. The lowest BCUT2D eigenvalue weighted by Gasteiger charge is -2.22. The van der Waals surface area contributed by atoms with E-state index in [0.717, 1.165) is 0 Å². The fourth-order valence-corrected chi connectivity index (χ4v) is 6.11. The molecule has 2 aliphatic heterocycles. The van der Waals surface area contributed by atoms with Crippen molar-refractivity contribution in [2.24, 2.45) is 0 Å². The Morgan fingerprint density at radius 3 is 1.68 bits per heavy atom. The minimum Gasteiger partial charge on any atom is -0.359 e. The summed E-state index contributed by atoms with van der Waals surface area (Å²) in [7, 11) is -0.501. The molecule has 3 aromatic carbocycles. The monoisotopic (exact) mass is 302 g/mol. The first kappa shape index (κ1) is 12.6. The maximum atomic E-state index is 6.01. The molecule has 0 radical (unpaired) electrons. The topological polar surface area (TPSA) is 12.5 Å². The summed E-state index contributed by atoms with van der Waals surface area (Å²) in [6, 6.07) is 28.5. The van der Waals surface area contributed by atoms with Crippen molar-refractivity contribution in [3.63, 3.8) is 0 Å². The summed E-state index contributed by atoms with van der Waals surface area (Å²) in [4.78, 5) is 0. The molecule has 0 bridgehead atoms. The lowest BCUT2D eigenvalue weighted by Crippen LogP contribution is -2.23. The molecule has 3 aromatic rings.